The number of aliphatic hydroxyl groups excluding tert-OH is 3. The van der Waals surface area contributed by atoms with E-state index in [2.05, 4.69) is 46.6 Å². The first-order valence-electron chi connectivity index (χ1n) is 32.3. The maximum absolute atomic E-state index is 13.1. The molecular weight excluding hydrogens is 1200 g/mol. The Morgan fingerprint density at radius 3 is 1.10 bits per heavy atom. The van der Waals surface area contributed by atoms with Crippen molar-refractivity contribution < 1.29 is 62.5 Å². The number of rotatable bonds is 18. The Bertz CT molecular complexity index is 3460. The van der Waals surface area contributed by atoms with E-state index in [1.54, 1.807) is 30.3 Å². The Morgan fingerprint density at radius 2 is 0.723 bits per heavy atom. The third-order valence-electron chi connectivity index (χ3n) is 17.2. The van der Waals surface area contributed by atoms with Crippen LogP contribution in [0, 0.1) is 12.7 Å². The van der Waals surface area contributed by atoms with E-state index in [0.29, 0.717) is 128 Å². The molecule has 6 amide bonds. The molecule has 500 valence electrons. The molecule has 0 aromatic heterocycles. The number of hydrogen-bond acceptors (Lipinski definition) is 15. The molecule has 0 spiro atoms. The second-order valence-corrected chi connectivity index (χ2v) is 24.1. The predicted octanol–water partition coefficient (Wildman–Crippen LogP) is 10.6. The SMILES string of the molecule is C.Cc1ccc(NC(=O)NC(CN2CCCC2)C(O)c2ccc3c(c2)OCCO3)cc1.O=C(Nc1ccc(F)cc1)NC(CN1CCCC1)C(O)c1ccc2c(c1)OCCO2.O=C(Nc1ccc2ccccc2c1)NC(CN1CCCC1)C(O)c1ccc2c(c1)OCCO2. The van der Waals surface area contributed by atoms with Crippen molar-refractivity contribution in [3.8, 4) is 34.5 Å². The van der Waals surface area contributed by atoms with E-state index in [9.17, 15) is 34.1 Å². The van der Waals surface area contributed by atoms with Gasteiger partial charge >= 0.3 is 18.1 Å². The molecule has 3 saturated heterocycles. The molecular formula is C72H88FN9O12. The number of nitrogens with zero attached hydrogens (tertiary/aromatic N) is 3. The molecule has 9 N–H and O–H groups in total. The monoisotopic (exact) mass is 1290 g/mol. The fourth-order valence-electron chi connectivity index (χ4n) is 12.3. The average molecular weight is 1290 g/mol. The molecule has 13 rings (SSSR count). The molecule has 0 saturated carbocycles. The van der Waals surface area contributed by atoms with Crippen LogP contribution >= 0.6 is 0 Å². The van der Waals surface area contributed by atoms with Crippen LogP contribution in [0.5, 0.6) is 34.5 Å². The fraction of sp³-hybridized carbons (Fsp3) is 0.403. The zero-order valence-corrected chi connectivity index (χ0v) is 52.4. The highest BCUT2D eigenvalue weighted by Gasteiger charge is 2.32. The number of carbonyl (C=O) groups is 3. The molecule has 22 heteroatoms. The van der Waals surface area contributed by atoms with Crippen molar-refractivity contribution in [1.29, 1.82) is 0 Å². The van der Waals surface area contributed by atoms with Crippen LogP contribution in [0.15, 0.2) is 146 Å². The number of fused-ring (bicyclic) bond motifs is 4. The van der Waals surface area contributed by atoms with E-state index < -0.39 is 42.5 Å². The molecule has 6 atom stereocenters. The van der Waals surface area contributed by atoms with E-state index in [1.807, 2.05) is 97.9 Å². The average Bonchev–Trinajstić information content (AvgIpc) is 1.03. The molecule has 6 aliphatic heterocycles. The molecule has 0 aliphatic carbocycles. The number of hydrogen-bond donors (Lipinski definition) is 9. The van der Waals surface area contributed by atoms with Crippen molar-refractivity contribution >= 4 is 45.9 Å². The lowest BCUT2D eigenvalue weighted by Crippen LogP contribution is -2.48. The predicted molar refractivity (Wildman–Crippen MR) is 360 cm³/mol. The van der Waals surface area contributed by atoms with E-state index in [1.165, 1.54) is 24.3 Å². The largest absolute Gasteiger partial charge is 0.486 e. The van der Waals surface area contributed by atoms with E-state index in [-0.39, 0.29) is 25.3 Å². The number of ether oxygens (including phenoxy) is 6. The minimum absolute atomic E-state index is 0. The molecule has 3 fully saturated rings. The molecule has 0 bridgehead atoms. The summed E-state index contributed by atoms with van der Waals surface area (Å²) < 4.78 is 46.7. The summed E-state index contributed by atoms with van der Waals surface area (Å²) in [5, 5.41) is 52.9. The molecule has 6 unspecified atom stereocenters. The molecule has 21 nitrogen and oxygen atoms in total. The van der Waals surface area contributed by atoms with E-state index in [0.717, 1.165) is 94.1 Å². The van der Waals surface area contributed by atoms with Gasteiger partial charge in [0.25, 0.3) is 0 Å². The second kappa shape index (κ2) is 33.3. The summed E-state index contributed by atoms with van der Waals surface area (Å²) in [6, 6.07) is 40.6. The normalized spacial score (nSPS) is 17.6. The van der Waals surface area contributed by atoms with Crippen LogP contribution in [-0.2, 0) is 0 Å². The topological polar surface area (TPSA) is 249 Å². The number of benzene rings is 7. The summed E-state index contributed by atoms with van der Waals surface area (Å²) in [5.74, 6) is 3.47. The van der Waals surface area contributed by atoms with Crippen LogP contribution in [0.3, 0.4) is 0 Å². The quantitative estimate of drug-likeness (QED) is 0.0388. The Hall–Kier alpha value is -8.90. The van der Waals surface area contributed by atoms with Crippen LogP contribution in [0.2, 0.25) is 0 Å². The highest BCUT2D eigenvalue weighted by atomic mass is 19.1. The minimum Gasteiger partial charge on any atom is -0.486 e. The minimum atomic E-state index is -0.930. The highest BCUT2D eigenvalue weighted by molar-refractivity contribution is 5.94. The zero-order chi connectivity index (χ0) is 64.5. The maximum atomic E-state index is 13.1. The summed E-state index contributed by atoms with van der Waals surface area (Å²) in [6.07, 6.45) is 4.08. The van der Waals surface area contributed by atoms with Crippen LogP contribution in [-0.4, -0.2) is 165 Å². The smallest absolute Gasteiger partial charge is 0.319 e. The van der Waals surface area contributed by atoms with Gasteiger partial charge in [-0.2, -0.15) is 0 Å². The van der Waals surface area contributed by atoms with Gasteiger partial charge in [-0.3, -0.25) is 0 Å². The van der Waals surface area contributed by atoms with Gasteiger partial charge in [-0.15, -0.1) is 0 Å². The van der Waals surface area contributed by atoms with Crippen molar-refractivity contribution in [3.05, 3.63) is 174 Å². The lowest BCUT2D eigenvalue weighted by molar-refractivity contribution is 0.110. The number of amides is 6. The van der Waals surface area contributed by atoms with Crippen molar-refractivity contribution in [2.75, 3.05) is 114 Å². The van der Waals surface area contributed by atoms with Gasteiger partial charge in [-0.05, 0) is 197 Å². The summed E-state index contributed by atoms with van der Waals surface area (Å²) in [6.45, 7) is 12.4. The summed E-state index contributed by atoms with van der Waals surface area (Å²) in [7, 11) is 0. The third-order valence-corrected chi connectivity index (χ3v) is 17.2. The van der Waals surface area contributed by atoms with Crippen molar-refractivity contribution in [2.24, 2.45) is 0 Å². The number of halogens is 1. The number of carbonyl (C=O) groups excluding carboxylic acids is 3. The van der Waals surface area contributed by atoms with E-state index in [4.69, 9.17) is 28.4 Å². The van der Waals surface area contributed by atoms with Gasteiger partial charge in [0.2, 0.25) is 0 Å². The Kier molecular flexibility index (Phi) is 24.1. The van der Waals surface area contributed by atoms with Crippen molar-refractivity contribution in [1.82, 2.24) is 30.7 Å². The van der Waals surface area contributed by atoms with Gasteiger partial charge in [-0.25, -0.2) is 18.8 Å². The third kappa shape index (κ3) is 18.9. The van der Waals surface area contributed by atoms with Gasteiger partial charge in [-0.1, -0.05) is 73.7 Å². The number of nitrogens with one attached hydrogen (secondary N) is 6. The molecule has 94 heavy (non-hydrogen) atoms. The molecule has 6 heterocycles. The first-order chi connectivity index (χ1) is 45.3. The van der Waals surface area contributed by atoms with Crippen molar-refractivity contribution in [3.63, 3.8) is 0 Å². The molecule has 6 aliphatic rings. The van der Waals surface area contributed by atoms with Gasteiger partial charge in [0.05, 0.1) is 18.1 Å². The van der Waals surface area contributed by atoms with Gasteiger partial charge < -0.3 is 90.3 Å². The Labute approximate surface area is 548 Å². The lowest BCUT2D eigenvalue weighted by atomic mass is 10.0. The van der Waals surface area contributed by atoms with Gasteiger partial charge in [0.1, 0.15) is 63.8 Å². The van der Waals surface area contributed by atoms with Crippen LogP contribution < -0.4 is 60.3 Å². The van der Waals surface area contributed by atoms with E-state index >= 15 is 0 Å². The second-order valence-electron chi connectivity index (χ2n) is 24.1. The molecule has 7 aromatic rings. The summed E-state index contributed by atoms with van der Waals surface area (Å²) >= 11 is 0. The maximum Gasteiger partial charge on any atom is 0.319 e. The number of aliphatic hydroxyl groups is 3. The molecule has 0 radical (unpaired) electrons. The highest BCUT2D eigenvalue weighted by Crippen LogP contribution is 2.37. The first-order valence-corrected chi connectivity index (χ1v) is 32.3. The number of likely N-dealkylation sites (tertiary alicyclic amines) is 3. The summed E-state index contributed by atoms with van der Waals surface area (Å²) in [5.41, 5.74) is 5.05. The Balaban J connectivity index is 0.000000153. The van der Waals surface area contributed by atoms with Gasteiger partial charge in [0, 0.05) is 36.7 Å². The molecule has 7 aromatic carbocycles. The number of urea groups is 3. The lowest BCUT2D eigenvalue weighted by Gasteiger charge is -2.29. The fourth-order valence-corrected chi connectivity index (χ4v) is 12.3. The number of aryl methyl sites for hydroxylation is 1. The van der Waals surface area contributed by atoms with Crippen LogP contribution in [0.4, 0.5) is 35.8 Å². The Morgan fingerprint density at radius 1 is 0.404 bits per heavy atom. The standard InChI is InChI=1S/C26H29N3O4.C23H29N3O4.C22H26FN3O4.CH4/c30-25(20-8-10-23-24(16-20)33-14-13-32-23)22(17-29-11-3-4-12-29)28-26(31)27-21-9-7-18-5-1-2-6-19(18)15-21;1-16-4-7-18(8-5-16)24-23(28)25-19(15-26-10-2-3-11-26)22(27)17-6-9-20-21(14-17)30-13-12-29-20;23-16-4-6-17(7-5-16)24-22(28)25-18(14-26-9-1-2-10-26)21(27)15-3-8-19-20(13-15)30-12-11-29-19;/h1-2,5-10,15-16,22,25,30H,3-4,11-14,17H2,(H2,27,28,31);4-9,14,19,22,27H,2-3,10-13,15H2,1H3,(H2,24,25,28);3-8,13,18,21,27H,1-2,9-12,14H2,(H2,24,25,28);1H4. The van der Waals surface area contributed by atoms with Crippen LogP contribution in [0.1, 0.15) is 86.5 Å². The summed E-state index contributed by atoms with van der Waals surface area (Å²) in [4.78, 5) is 44.9. The zero-order valence-electron chi connectivity index (χ0n) is 52.4. The first kappa shape index (κ1) is 68.0. The number of anilines is 3. The van der Waals surface area contributed by atoms with Crippen molar-refractivity contribution in [2.45, 2.75) is 89.3 Å². The van der Waals surface area contributed by atoms with Gasteiger partial charge in [0.15, 0.2) is 34.5 Å². The van der Waals surface area contributed by atoms with Crippen LogP contribution in [0.25, 0.3) is 10.8 Å².